The first-order valence-corrected chi connectivity index (χ1v) is 5.83. The Morgan fingerprint density at radius 2 is 2.05 bits per heavy atom. The third-order valence-corrected chi connectivity index (χ3v) is 2.85. The van der Waals surface area contributed by atoms with Crippen LogP contribution in [-0.2, 0) is 0 Å². The van der Waals surface area contributed by atoms with Gasteiger partial charge in [0.2, 0.25) is 0 Å². The zero-order valence-corrected chi connectivity index (χ0v) is 10.7. The normalized spacial score (nSPS) is 12.2. The van der Waals surface area contributed by atoms with E-state index in [0.29, 0.717) is 11.4 Å². The fraction of sp³-hybridized carbons (Fsp3) is 0.231. The molecule has 0 saturated heterocycles. The standard InChI is InChI=1S/C13H14N4O2/c1-8(14)11-7-15-13(16-9(11)2)10-5-3-4-6-12(10)17(18)19/h3-8H,14H2,1-2H3/t8-/m0/s1. The Balaban J connectivity index is 2.54. The van der Waals surface area contributed by atoms with Crippen molar-refractivity contribution in [1.29, 1.82) is 0 Å². The van der Waals surface area contributed by atoms with E-state index in [2.05, 4.69) is 9.97 Å². The van der Waals surface area contributed by atoms with E-state index in [1.54, 1.807) is 24.4 Å². The van der Waals surface area contributed by atoms with Crippen molar-refractivity contribution < 1.29 is 4.92 Å². The topological polar surface area (TPSA) is 94.9 Å². The van der Waals surface area contributed by atoms with E-state index < -0.39 is 4.92 Å². The molecule has 0 fully saturated rings. The quantitative estimate of drug-likeness (QED) is 0.673. The fourth-order valence-corrected chi connectivity index (χ4v) is 1.88. The molecule has 1 heterocycles. The molecule has 0 unspecified atom stereocenters. The van der Waals surface area contributed by atoms with E-state index in [0.717, 1.165) is 11.3 Å². The van der Waals surface area contributed by atoms with Gasteiger partial charge in [0.05, 0.1) is 10.5 Å². The molecule has 2 N–H and O–H groups in total. The summed E-state index contributed by atoms with van der Waals surface area (Å²) in [6.07, 6.45) is 1.62. The first kappa shape index (κ1) is 13.1. The van der Waals surface area contributed by atoms with Gasteiger partial charge >= 0.3 is 0 Å². The van der Waals surface area contributed by atoms with Crippen molar-refractivity contribution in [2.45, 2.75) is 19.9 Å². The van der Waals surface area contributed by atoms with Gasteiger partial charge in [-0.2, -0.15) is 0 Å². The molecule has 0 saturated carbocycles. The van der Waals surface area contributed by atoms with E-state index >= 15 is 0 Å². The van der Waals surface area contributed by atoms with E-state index in [1.807, 2.05) is 13.8 Å². The van der Waals surface area contributed by atoms with Crippen molar-refractivity contribution in [3.63, 3.8) is 0 Å². The van der Waals surface area contributed by atoms with Gasteiger partial charge in [0.25, 0.3) is 5.69 Å². The van der Waals surface area contributed by atoms with Crippen molar-refractivity contribution >= 4 is 5.69 Å². The highest BCUT2D eigenvalue weighted by molar-refractivity contribution is 5.67. The molecule has 0 bridgehead atoms. The van der Waals surface area contributed by atoms with Gasteiger partial charge in [0.1, 0.15) is 0 Å². The molecule has 0 amide bonds. The third-order valence-electron chi connectivity index (χ3n) is 2.85. The van der Waals surface area contributed by atoms with Crippen molar-refractivity contribution in [1.82, 2.24) is 9.97 Å². The second-order valence-corrected chi connectivity index (χ2v) is 4.30. The van der Waals surface area contributed by atoms with Crippen molar-refractivity contribution in [2.24, 2.45) is 5.73 Å². The van der Waals surface area contributed by atoms with Crippen LogP contribution in [0, 0.1) is 17.0 Å². The highest BCUT2D eigenvalue weighted by atomic mass is 16.6. The van der Waals surface area contributed by atoms with Crippen LogP contribution in [-0.4, -0.2) is 14.9 Å². The molecular formula is C13H14N4O2. The molecule has 6 nitrogen and oxygen atoms in total. The molecule has 0 radical (unpaired) electrons. The van der Waals surface area contributed by atoms with E-state index in [1.165, 1.54) is 6.07 Å². The number of nitro groups is 1. The number of nitrogens with zero attached hydrogens (tertiary/aromatic N) is 3. The van der Waals surface area contributed by atoms with Gasteiger partial charge in [-0.15, -0.1) is 0 Å². The second kappa shape index (κ2) is 5.11. The highest BCUT2D eigenvalue weighted by Crippen LogP contribution is 2.27. The minimum atomic E-state index is -0.437. The van der Waals surface area contributed by atoms with E-state index in [4.69, 9.17) is 5.73 Å². The number of para-hydroxylation sites is 1. The van der Waals surface area contributed by atoms with Crippen LogP contribution in [0.4, 0.5) is 5.69 Å². The largest absolute Gasteiger partial charge is 0.324 e. The lowest BCUT2D eigenvalue weighted by Gasteiger charge is -2.09. The minimum Gasteiger partial charge on any atom is -0.324 e. The molecule has 0 aliphatic rings. The van der Waals surface area contributed by atoms with Crippen LogP contribution in [0.2, 0.25) is 0 Å². The van der Waals surface area contributed by atoms with Crippen LogP contribution in [0.15, 0.2) is 30.5 Å². The Hall–Kier alpha value is -2.34. The number of hydrogen-bond acceptors (Lipinski definition) is 5. The highest BCUT2D eigenvalue weighted by Gasteiger charge is 2.17. The van der Waals surface area contributed by atoms with E-state index in [-0.39, 0.29) is 11.7 Å². The maximum Gasteiger partial charge on any atom is 0.280 e. The molecule has 6 heteroatoms. The summed E-state index contributed by atoms with van der Waals surface area (Å²) in [7, 11) is 0. The maximum absolute atomic E-state index is 11.0. The fourth-order valence-electron chi connectivity index (χ4n) is 1.88. The molecule has 98 valence electrons. The van der Waals surface area contributed by atoms with Crippen LogP contribution < -0.4 is 5.73 Å². The molecular weight excluding hydrogens is 244 g/mol. The van der Waals surface area contributed by atoms with Gasteiger partial charge in [-0.05, 0) is 19.9 Å². The smallest absolute Gasteiger partial charge is 0.280 e. The molecule has 19 heavy (non-hydrogen) atoms. The zero-order chi connectivity index (χ0) is 14.0. The summed E-state index contributed by atoms with van der Waals surface area (Å²) in [5, 5.41) is 11.0. The van der Waals surface area contributed by atoms with Crippen LogP contribution in [0.3, 0.4) is 0 Å². The van der Waals surface area contributed by atoms with Gasteiger partial charge in [-0.1, -0.05) is 12.1 Å². The Morgan fingerprint density at radius 1 is 1.37 bits per heavy atom. The average Bonchev–Trinajstić information content (AvgIpc) is 2.38. The Bertz CT molecular complexity index is 626. The van der Waals surface area contributed by atoms with Gasteiger partial charge < -0.3 is 5.73 Å². The summed E-state index contributed by atoms with van der Waals surface area (Å²) < 4.78 is 0. The summed E-state index contributed by atoms with van der Waals surface area (Å²) in [5.41, 5.74) is 7.77. The molecule has 1 aromatic heterocycles. The number of rotatable bonds is 3. The summed E-state index contributed by atoms with van der Waals surface area (Å²) >= 11 is 0. The number of nitro benzene ring substituents is 1. The van der Waals surface area contributed by atoms with E-state index in [9.17, 15) is 10.1 Å². The lowest BCUT2D eigenvalue weighted by molar-refractivity contribution is -0.384. The van der Waals surface area contributed by atoms with Crippen molar-refractivity contribution in [3.05, 3.63) is 51.8 Å². The van der Waals surface area contributed by atoms with Crippen LogP contribution in [0.25, 0.3) is 11.4 Å². The number of aromatic nitrogens is 2. The Morgan fingerprint density at radius 3 is 2.63 bits per heavy atom. The summed E-state index contributed by atoms with van der Waals surface area (Å²) in [6, 6.07) is 6.25. The molecule has 2 rings (SSSR count). The Labute approximate surface area is 110 Å². The maximum atomic E-state index is 11.0. The predicted octanol–water partition coefficient (Wildman–Crippen LogP) is 2.38. The summed E-state index contributed by atoms with van der Waals surface area (Å²) in [4.78, 5) is 19.0. The van der Waals surface area contributed by atoms with Crippen LogP contribution in [0.5, 0.6) is 0 Å². The second-order valence-electron chi connectivity index (χ2n) is 4.30. The lowest BCUT2D eigenvalue weighted by atomic mass is 10.1. The molecule has 2 aromatic rings. The zero-order valence-electron chi connectivity index (χ0n) is 10.7. The minimum absolute atomic E-state index is 0.00422. The van der Waals surface area contributed by atoms with Crippen molar-refractivity contribution in [2.75, 3.05) is 0 Å². The predicted molar refractivity (Wildman–Crippen MR) is 71.5 cm³/mol. The first-order chi connectivity index (χ1) is 9.00. The van der Waals surface area contributed by atoms with Gasteiger partial charge in [0, 0.05) is 29.6 Å². The summed E-state index contributed by atoms with van der Waals surface area (Å²) in [6.45, 7) is 3.66. The lowest BCUT2D eigenvalue weighted by Crippen LogP contribution is -2.09. The van der Waals surface area contributed by atoms with Crippen LogP contribution >= 0.6 is 0 Å². The molecule has 0 aliphatic carbocycles. The number of benzene rings is 1. The van der Waals surface area contributed by atoms with Crippen molar-refractivity contribution in [3.8, 4) is 11.4 Å². The molecule has 0 aliphatic heterocycles. The Kier molecular flexibility index (Phi) is 3.52. The van der Waals surface area contributed by atoms with Gasteiger partial charge in [-0.3, -0.25) is 10.1 Å². The monoisotopic (exact) mass is 258 g/mol. The van der Waals surface area contributed by atoms with Gasteiger partial charge in [0.15, 0.2) is 5.82 Å². The number of nitrogens with two attached hydrogens (primary N) is 1. The SMILES string of the molecule is Cc1nc(-c2ccccc2[N+](=O)[O-])ncc1[C@H](C)N. The summed E-state index contributed by atoms with van der Waals surface area (Å²) in [5.74, 6) is 0.342. The number of aryl methyl sites for hydroxylation is 1. The van der Waals surface area contributed by atoms with Gasteiger partial charge in [-0.25, -0.2) is 9.97 Å². The molecule has 1 atom stereocenters. The molecule has 0 spiro atoms. The number of hydrogen-bond donors (Lipinski definition) is 1. The molecule has 1 aromatic carbocycles. The third kappa shape index (κ3) is 2.58. The van der Waals surface area contributed by atoms with Crippen LogP contribution in [0.1, 0.15) is 24.2 Å². The average molecular weight is 258 g/mol. The first-order valence-electron chi connectivity index (χ1n) is 5.83.